The van der Waals surface area contributed by atoms with Crippen LogP contribution in [0.4, 0.5) is 5.82 Å². The molecule has 5 rings (SSSR count). The summed E-state index contributed by atoms with van der Waals surface area (Å²) in [5.41, 5.74) is 0.710. The summed E-state index contributed by atoms with van der Waals surface area (Å²) in [6.45, 7) is 2.57. The maximum atomic E-state index is 13.2. The maximum absolute atomic E-state index is 13.2. The van der Waals surface area contributed by atoms with E-state index in [4.69, 9.17) is 9.15 Å². The van der Waals surface area contributed by atoms with Crippen molar-refractivity contribution >= 4 is 27.6 Å². The Hall–Kier alpha value is -2.76. The van der Waals surface area contributed by atoms with Crippen LogP contribution in [-0.2, 0) is 13.0 Å². The minimum absolute atomic E-state index is 0.174. The summed E-state index contributed by atoms with van der Waals surface area (Å²) in [5, 5.41) is 1.70. The van der Waals surface area contributed by atoms with E-state index >= 15 is 0 Å². The molecule has 0 atom stereocenters. The Morgan fingerprint density at radius 1 is 1.04 bits per heavy atom. The van der Waals surface area contributed by atoms with Crippen LogP contribution in [0, 0.1) is 0 Å². The van der Waals surface area contributed by atoms with E-state index in [0.717, 1.165) is 60.9 Å². The number of fused-ring (bicyclic) bond motifs is 4. The first-order valence-electron chi connectivity index (χ1n) is 9.15. The summed E-state index contributed by atoms with van der Waals surface area (Å²) in [6.07, 6.45) is 3.92. The maximum Gasteiger partial charge on any atom is 0.349 e. The van der Waals surface area contributed by atoms with Gasteiger partial charge in [-0.15, -0.1) is 0 Å². The van der Waals surface area contributed by atoms with E-state index in [2.05, 4.69) is 4.90 Å². The van der Waals surface area contributed by atoms with Gasteiger partial charge in [-0.05, 0) is 31.7 Å². The van der Waals surface area contributed by atoms with Crippen LogP contribution >= 0.6 is 0 Å². The zero-order chi connectivity index (χ0) is 17.8. The summed E-state index contributed by atoms with van der Waals surface area (Å²) < 4.78 is 12.7. The topological polar surface area (TPSA) is 64.7 Å². The predicted molar refractivity (Wildman–Crippen MR) is 101 cm³/mol. The van der Waals surface area contributed by atoms with E-state index in [0.29, 0.717) is 17.9 Å². The minimum Gasteiger partial charge on any atom is -0.493 e. The van der Waals surface area contributed by atoms with Gasteiger partial charge >= 0.3 is 5.63 Å². The van der Waals surface area contributed by atoms with Gasteiger partial charge in [0.1, 0.15) is 11.2 Å². The van der Waals surface area contributed by atoms with Gasteiger partial charge in [-0.25, -0.2) is 4.79 Å². The van der Waals surface area contributed by atoms with Gasteiger partial charge < -0.3 is 14.1 Å². The number of methoxy groups -OCH3 is 1. The smallest absolute Gasteiger partial charge is 0.349 e. The van der Waals surface area contributed by atoms with Gasteiger partial charge in [0, 0.05) is 36.0 Å². The molecule has 134 valence electrons. The number of aromatic nitrogens is 1. The highest BCUT2D eigenvalue weighted by Crippen LogP contribution is 2.37. The fourth-order valence-electron chi connectivity index (χ4n) is 4.53. The van der Waals surface area contributed by atoms with Crippen molar-refractivity contribution in [2.45, 2.75) is 32.2 Å². The number of hydrogen-bond donors (Lipinski definition) is 0. The van der Waals surface area contributed by atoms with Gasteiger partial charge in [-0.3, -0.25) is 9.36 Å². The number of benzene rings is 1. The molecule has 2 aliphatic heterocycles. The largest absolute Gasteiger partial charge is 0.493 e. The molecule has 0 fully saturated rings. The molecule has 6 heteroatoms. The first kappa shape index (κ1) is 15.5. The van der Waals surface area contributed by atoms with E-state index in [1.165, 1.54) is 0 Å². The Morgan fingerprint density at radius 3 is 2.73 bits per heavy atom. The SMILES string of the molecule is COc1cccc2c1oc(=O)c1c(=O)n3c4c(c12)CCCCN4CCC3. The molecule has 3 aromatic rings. The molecule has 0 saturated heterocycles. The second-order valence-electron chi connectivity index (χ2n) is 7.03. The van der Waals surface area contributed by atoms with Crippen LogP contribution in [0.15, 0.2) is 32.2 Å². The molecule has 0 N–H and O–H groups in total. The molecule has 0 amide bonds. The molecule has 0 aliphatic carbocycles. The van der Waals surface area contributed by atoms with Crippen molar-refractivity contribution in [3.8, 4) is 5.75 Å². The van der Waals surface area contributed by atoms with Gasteiger partial charge in [0.15, 0.2) is 11.3 Å². The number of ether oxygens (including phenoxy) is 1. The van der Waals surface area contributed by atoms with Gasteiger partial charge in [-0.1, -0.05) is 12.1 Å². The van der Waals surface area contributed by atoms with E-state index in [-0.39, 0.29) is 10.9 Å². The van der Waals surface area contributed by atoms with Crippen molar-refractivity contribution < 1.29 is 9.15 Å². The van der Waals surface area contributed by atoms with Crippen LogP contribution in [0.25, 0.3) is 21.7 Å². The molecule has 1 aromatic carbocycles. The zero-order valence-corrected chi connectivity index (χ0v) is 14.7. The summed E-state index contributed by atoms with van der Waals surface area (Å²) in [7, 11) is 1.55. The zero-order valence-electron chi connectivity index (χ0n) is 14.7. The number of aryl methyl sites for hydroxylation is 1. The number of rotatable bonds is 1. The minimum atomic E-state index is -0.574. The van der Waals surface area contributed by atoms with Crippen LogP contribution in [-0.4, -0.2) is 24.8 Å². The van der Waals surface area contributed by atoms with Crippen LogP contribution in [0.2, 0.25) is 0 Å². The van der Waals surface area contributed by atoms with Crippen molar-refractivity contribution in [3.05, 3.63) is 44.5 Å². The second kappa shape index (κ2) is 5.62. The third-order valence-electron chi connectivity index (χ3n) is 5.62. The second-order valence-corrected chi connectivity index (χ2v) is 7.03. The summed E-state index contributed by atoms with van der Waals surface area (Å²) in [4.78, 5) is 28.3. The van der Waals surface area contributed by atoms with E-state index < -0.39 is 5.63 Å². The average molecular weight is 352 g/mol. The number of pyridine rings is 1. The number of para-hydroxylation sites is 1. The molecule has 26 heavy (non-hydrogen) atoms. The lowest BCUT2D eigenvalue weighted by atomic mass is 9.98. The molecule has 2 aromatic heterocycles. The molecule has 0 spiro atoms. The highest BCUT2D eigenvalue weighted by atomic mass is 16.5. The molecular formula is C20H20N2O4. The predicted octanol–water partition coefficient (Wildman–Crippen LogP) is 2.66. The Kier molecular flexibility index (Phi) is 3.35. The average Bonchev–Trinajstić information content (AvgIpc) is 2.88. The molecule has 0 radical (unpaired) electrons. The van der Waals surface area contributed by atoms with Crippen LogP contribution in [0.1, 0.15) is 24.8 Å². The number of nitrogens with zero attached hydrogens (tertiary/aromatic N) is 2. The third-order valence-corrected chi connectivity index (χ3v) is 5.62. The first-order chi connectivity index (χ1) is 12.7. The van der Waals surface area contributed by atoms with E-state index in [1.54, 1.807) is 17.7 Å². The summed E-state index contributed by atoms with van der Waals surface area (Å²) >= 11 is 0. The molecule has 2 aliphatic rings. The Bertz CT molecular complexity index is 1160. The lowest BCUT2D eigenvalue weighted by Gasteiger charge is -2.33. The van der Waals surface area contributed by atoms with E-state index in [9.17, 15) is 9.59 Å². The molecule has 4 heterocycles. The third kappa shape index (κ3) is 1.98. The summed E-state index contributed by atoms with van der Waals surface area (Å²) in [6, 6.07) is 5.56. The lowest BCUT2D eigenvalue weighted by Crippen LogP contribution is -2.39. The first-order valence-corrected chi connectivity index (χ1v) is 9.15. The fourth-order valence-corrected chi connectivity index (χ4v) is 4.53. The normalized spacial score (nSPS) is 16.6. The molecule has 0 unspecified atom stereocenters. The van der Waals surface area contributed by atoms with Crippen LogP contribution in [0.5, 0.6) is 5.75 Å². The molecule has 0 bridgehead atoms. The van der Waals surface area contributed by atoms with Gasteiger partial charge in [0.05, 0.1) is 7.11 Å². The quantitative estimate of drug-likeness (QED) is 0.498. The number of anilines is 1. The molecular weight excluding hydrogens is 332 g/mol. The van der Waals surface area contributed by atoms with Gasteiger partial charge in [-0.2, -0.15) is 0 Å². The van der Waals surface area contributed by atoms with Crippen molar-refractivity contribution in [2.75, 3.05) is 25.1 Å². The van der Waals surface area contributed by atoms with Gasteiger partial charge in [0.25, 0.3) is 5.56 Å². The fraction of sp³-hybridized carbons (Fsp3) is 0.400. The Labute approximate surface area is 149 Å². The Balaban J connectivity index is 2.06. The monoisotopic (exact) mass is 352 g/mol. The molecule has 6 nitrogen and oxygen atoms in total. The summed E-state index contributed by atoms with van der Waals surface area (Å²) in [5.74, 6) is 1.51. The molecule has 0 saturated carbocycles. The highest BCUT2D eigenvalue weighted by molar-refractivity contribution is 6.08. The Morgan fingerprint density at radius 2 is 1.88 bits per heavy atom. The van der Waals surface area contributed by atoms with Crippen LogP contribution < -0.4 is 20.8 Å². The van der Waals surface area contributed by atoms with Crippen molar-refractivity contribution in [1.29, 1.82) is 0 Å². The van der Waals surface area contributed by atoms with Crippen molar-refractivity contribution in [1.82, 2.24) is 4.57 Å². The van der Waals surface area contributed by atoms with Crippen LogP contribution in [0.3, 0.4) is 0 Å². The number of hydrogen-bond acceptors (Lipinski definition) is 5. The lowest BCUT2D eigenvalue weighted by molar-refractivity contribution is 0.407. The van der Waals surface area contributed by atoms with Crippen molar-refractivity contribution in [2.24, 2.45) is 0 Å². The highest BCUT2D eigenvalue weighted by Gasteiger charge is 2.29. The van der Waals surface area contributed by atoms with Crippen molar-refractivity contribution in [3.63, 3.8) is 0 Å². The van der Waals surface area contributed by atoms with Gasteiger partial charge in [0.2, 0.25) is 0 Å². The standard InChI is InChI=1S/C20H20N2O4/c1-25-14-8-4-7-12-15-13-6-2-3-9-21-10-5-11-22(18(13)21)19(23)16(15)20(24)26-17(12)14/h4,7-8H,2-3,5-6,9-11H2,1H3. The van der Waals surface area contributed by atoms with E-state index in [1.807, 2.05) is 12.1 Å².